The molecule has 1 unspecified atom stereocenters. The summed E-state index contributed by atoms with van der Waals surface area (Å²) in [4.78, 5) is 2.64. The number of rotatable bonds is 2. The number of piperazine rings is 1. The lowest BCUT2D eigenvalue weighted by molar-refractivity contribution is 0.0157. The standard InChI is InChI=1S/C15H23N3/c1-2-6-14(7-3-1)15(8-4-5-9-17-15)18-12-10-16-11-13-18/h1-3,6-7,16-17H,4-5,8-13H2. The fraction of sp³-hybridized carbons (Fsp3) is 0.600. The number of hydrogen-bond donors (Lipinski definition) is 2. The Morgan fingerprint density at radius 2 is 1.72 bits per heavy atom. The first-order chi connectivity index (χ1) is 8.92. The van der Waals surface area contributed by atoms with Crippen molar-refractivity contribution in [3.05, 3.63) is 35.9 Å². The Hall–Kier alpha value is -0.900. The lowest BCUT2D eigenvalue weighted by Crippen LogP contribution is -2.62. The molecule has 0 spiro atoms. The van der Waals surface area contributed by atoms with Crippen molar-refractivity contribution in [2.24, 2.45) is 0 Å². The number of hydrogen-bond acceptors (Lipinski definition) is 3. The summed E-state index contributed by atoms with van der Waals surface area (Å²) in [5.74, 6) is 0. The Morgan fingerprint density at radius 1 is 0.944 bits per heavy atom. The van der Waals surface area contributed by atoms with E-state index in [1.165, 1.54) is 24.8 Å². The lowest BCUT2D eigenvalue weighted by atomic mass is 9.88. The van der Waals surface area contributed by atoms with Crippen molar-refractivity contribution >= 4 is 0 Å². The molecule has 18 heavy (non-hydrogen) atoms. The van der Waals surface area contributed by atoms with Crippen LogP contribution in [0.4, 0.5) is 0 Å². The molecule has 0 aromatic heterocycles. The summed E-state index contributed by atoms with van der Waals surface area (Å²) < 4.78 is 0. The number of nitrogens with one attached hydrogen (secondary N) is 2. The Labute approximate surface area is 110 Å². The van der Waals surface area contributed by atoms with Crippen LogP contribution in [0.2, 0.25) is 0 Å². The minimum absolute atomic E-state index is 0.0849. The second-order valence-corrected chi connectivity index (χ2v) is 5.35. The highest BCUT2D eigenvalue weighted by Gasteiger charge is 2.39. The molecule has 2 aliphatic rings. The fourth-order valence-electron chi connectivity index (χ4n) is 3.35. The van der Waals surface area contributed by atoms with Gasteiger partial charge in [-0.2, -0.15) is 0 Å². The molecule has 2 fully saturated rings. The van der Waals surface area contributed by atoms with Crippen LogP contribution in [0.1, 0.15) is 24.8 Å². The lowest BCUT2D eigenvalue weighted by Gasteiger charge is -2.49. The molecular formula is C15H23N3. The van der Waals surface area contributed by atoms with E-state index in [0.717, 1.165) is 32.7 Å². The third kappa shape index (κ3) is 2.18. The Kier molecular flexibility index (Phi) is 3.64. The number of piperidine rings is 1. The summed E-state index contributed by atoms with van der Waals surface area (Å²) >= 11 is 0. The van der Waals surface area contributed by atoms with Crippen LogP contribution < -0.4 is 10.6 Å². The van der Waals surface area contributed by atoms with Crippen LogP contribution in [0.3, 0.4) is 0 Å². The van der Waals surface area contributed by atoms with E-state index in [-0.39, 0.29) is 5.66 Å². The number of benzene rings is 1. The van der Waals surface area contributed by atoms with Crippen molar-refractivity contribution in [3.63, 3.8) is 0 Å². The highest BCUT2D eigenvalue weighted by Crippen LogP contribution is 2.34. The molecule has 0 aliphatic carbocycles. The Bertz CT molecular complexity index is 365. The molecule has 98 valence electrons. The molecule has 1 aromatic rings. The first-order valence-electron chi connectivity index (χ1n) is 7.18. The normalized spacial score (nSPS) is 30.2. The molecule has 0 saturated carbocycles. The Balaban J connectivity index is 1.92. The van der Waals surface area contributed by atoms with Crippen LogP contribution in [-0.2, 0) is 5.66 Å². The van der Waals surface area contributed by atoms with Gasteiger partial charge in [0, 0.05) is 26.2 Å². The van der Waals surface area contributed by atoms with Gasteiger partial charge in [0.1, 0.15) is 0 Å². The van der Waals surface area contributed by atoms with Crippen LogP contribution in [0.25, 0.3) is 0 Å². The molecule has 3 heteroatoms. The minimum atomic E-state index is 0.0849. The van der Waals surface area contributed by atoms with E-state index in [0.29, 0.717) is 0 Å². The van der Waals surface area contributed by atoms with Gasteiger partial charge in [0.15, 0.2) is 0 Å². The Morgan fingerprint density at radius 3 is 2.39 bits per heavy atom. The zero-order chi connectivity index (χ0) is 12.3. The average Bonchev–Trinajstić information content (AvgIpc) is 2.50. The quantitative estimate of drug-likeness (QED) is 0.827. The predicted octanol–water partition coefficient (Wildman–Crippen LogP) is 1.52. The predicted molar refractivity (Wildman–Crippen MR) is 74.4 cm³/mol. The van der Waals surface area contributed by atoms with Crippen molar-refractivity contribution in [3.8, 4) is 0 Å². The summed E-state index contributed by atoms with van der Waals surface area (Å²) in [5, 5.41) is 7.27. The zero-order valence-electron chi connectivity index (χ0n) is 11.0. The third-order valence-corrected chi connectivity index (χ3v) is 4.29. The van der Waals surface area contributed by atoms with E-state index >= 15 is 0 Å². The summed E-state index contributed by atoms with van der Waals surface area (Å²) in [6.07, 6.45) is 3.86. The molecule has 0 amide bonds. The van der Waals surface area contributed by atoms with Gasteiger partial charge in [-0.25, -0.2) is 0 Å². The number of nitrogens with zero attached hydrogens (tertiary/aromatic N) is 1. The van der Waals surface area contributed by atoms with E-state index in [9.17, 15) is 0 Å². The third-order valence-electron chi connectivity index (χ3n) is 4.29. The molecule has 1 aromatic carbocycles. The van der Waals surface area contributed by atoms with Gasteiger partial charge in [-0.3, -0.25) is 10.2 Å². The van der Waals surface area contributed by atoms with E-state index in [1.54, 1.807) is 0 Å². The zero-order valence-corrected chi connectivity index (χ0v) is 11.0. The van der Waals surface area contributed by atoms with Crippen LogP contribution in [0.15, 0.2) is 30.3 Å². The van der Waals surface area contributed by atoms with Crippen LogP contribution in [0, 0.1) is 0 Å². The molecule has 2 heterocycles. The van der Waals surface area contributed by atoms with Gasteiger partial charge in [-0.05, 0) is 31.4 Å². The molecular weight excluding hydrogens is 222 g/mol. The first-order valence-corrected chi connectivity index (χ1v) is 7.18. The minimum Gasteiger partial charge on any atom is -0.314 e. The maximum absolute atomic E-state index is 3.82. The average molecular weight is 245 g/mol. The molecule has 2 saturated heterocycles. The molecule has 3 rings (SSSR count). The first kappa shape index (κ1) is 12.2. The van der Waals surface area contributed by atoms with Crippen LogP contribution >= 0.6 is 0 Å². The second kappa shape index (κ2) is 5.39. The van der Waals surface area contributed by atoms with E-state index < -0.39 is 0 Å². The van der Waals surface area contributed by atoms with Crippen molar-refractivity contribution < 1.29 is 0 Å². The maximum atomic E-state index is 3.82. The summed E-state index contributed by atoms with van der Waals surface area (Å²) in [7, 11) is 0. The van der Waals surface area contributed by atoms with Crippen molar-refractivity contribution in [1.29, 1.82) is 0 Å². The van der Waals surface area contributed by atoms with E-state index in [1.807, 2.05) is 0 Å². The maximum Gasteiger partial charge on any atom is 0.0976 e. The highest BCUT2D eigenvalue weighted by atomic mass is 15.3. The van der Waals surface area contributed by atoms with Gasteiger partial charge in [-0.1, -0.05) is 30.3 Å². The smallest absolute Gasteiger partial charge is 0.0976 e. The second-order valence-electron chi connectivity index (χ2n) is 5.35. The van der Waals surface area contributed by atoms with Gasteiger partial charge in [0.2, 0.25) is 0 Å². The summed E-state index contributed by atoms with van der Waals surface area (Å²) in [5.41, 5.74) is 1.52. The van der Waals surface area contributed by atoms with Crippen molar-refractivity contribution in [2.45, 2.75) is 24.9 Å². The molecule has 2 N–H and O–H groups in total. The van der Waals surface area contributed by atoms with Gasteiger partial charge in [0.05, 0.1) is 5.66 Å². The SMILES string of the molecule is c1ccc(C2(N3CCNCC3)CCCCN2)cc1. The van der Waals surface area contributed by atoms with Crippen LogP contribution in [0.5, 0.6) is 0 Å². The van der Waals surface area contributed by atoms with E-state index in [2.05, 4.69) is 45.9 Å². The van der Waals surface area contributed by atoms with Crippen molar-refractivity contribution in [1.82, 2.24) is 15.5 Å². The van der Waals surface area contributed by atoms with E-state index in [4.69, 9.17) is 0 Å². The van der Waals surface area contributed by atoms with Crippen LogP contribution in [-0.4, -0.2) is 37.6 Å². The highest BCUT2D eigenvalue weighted by molar-refractivity contribution is 5.25. The van der Waals surface area contributed by atoms with Gasteiger partial charge >= 0.3 is 0 Å². The van der Waals surface area contributed by atoms with Gasteiger partial charge < -0.3 is 5.32 Å². The largest absolute Gasteiger partial charge is 0.314 e. The topological polar surface area (TPSA) is 27.3 Å². The van der Waals surface area contributed by atoms with Gasteiger partial charge in [-0.15, -0.1) is 0 Å². The van der Waals surface area contributed by atoms with Gasteiger partial charge in [0.25, 0.3) is 0 Å². The molecule has 0 radical (unpaired) electrons. The molecule has 2 aliphatic heterocycles. The summed E-state index contributed by atoms with van der Waals surface area (Å²) in [6, 6.07) is 11.0. The fourth-order valence-corrected chi connectivity index (χ4v) is 3.35. The molecule has 1 atom stereocenters. The van der Waals surface area contributed by atoms with Crippen molar-refractivity contribution in [2.75, 3.05) is 32.7 Å². The summed E-state index contributed by atoms with van der Waals surface area (Å²) in [6.45, 7) is 5.63. The molecule has 0 bridgehead atoms. The monoisotopic (exact) mass is 245 g/mol. The molecule has 3 nitrogen and oxygen atoms in total.